The van der Waals surface area contributed by atoms with Gasteiger partial charge in [0, 0.05) is 40.9 Å². The fourth-order valence-electron chi connectivity index (χ4n) is 0. The zero-order chi connectivity index (χ0) is 14.3. The van der Waals surface area contributed by atoms with Crippen molar-refractivity contribution in [1.29, 1.82) is 0 Å². The van der Waals surface area contributed by atoms with Gasteiger partial charge in [-0.15, -0.1) is 0 Å². The van der Waals surface area contributed by atoms with E-state index in [1.165, 1.54) is 0 Å². The summed E-state index contributed by atoms with van der Waals surface area (Å²) in [5, 5.41) is 35.6. The van der Waals surface area contributed by atoms with E-state index in [-0.39, 0.29) is 39.0 Å². The van der Waals surface area contributed by atoms with Gasteiger partial charge < -0.3 is 61.5 Å². The Morgan fingerprint density at radius 1 is 0.476 bits per heavy atom. The molecule has 0 aromatic carbocycles. The first-order chi connectivity index (χ1) is 6.93. The number of hydrogen-bond donors (Lipinski definition) is 0. The molecule has 0 atom stereocenters. The molecule has 0 amide bonds. The van der Waals surface area contributed by atoms with Crippen LogP contribution in [0.1, 0.15) is 27.7 Å². The van der Waals surface area contributed by atoms with Gasteiger partial charge in [0.2, 0.25) is 0 Å². The van der Waals surface area contributed by atoms with Gasteiger partial charge in [0.15, 0.2) is 0 Å². The third-order valence-electron chi connectivity index (χ3n) is 0. The largest absolute Gasteiger partial charge is 0.550 e. The summed E-state index contributed by atoms with van der Waals surface area (Å²) in [4.78, 5) is 35.6. The minimum absolute atomic E-state index is 0. The van der Waals surface area contributed by atoms with Gasteiger partial charge >= 0.3 is 0 Å². The minimum atomic E-state index is -1.08. The zero-order valence-electron chi connectivity index (χ0n) is 11.6. The maximum Gasteiger partial charge on any atom is 0.0383 e. The molecule has 21 heavy (non-hydrogen) atoms. The number of carboxylic acid groups (broad SMARTS) is 4. The summed E-state index contributed by atoms with van der Waals surface area (Å²) >= 11 is 0. The standard InChI is InChI=1S/4C2H4O2.Cu.4H2O/c4*1-2(3)4;;;;;/h4*1H3,(H,3,4);;4*1H2/p-4. The maximum absolute atomic E-state index is 8.89. The van der Waals surface area contributed by atoms with Crippen LogP contribution in [0, 0.1) is 0 Å². The molecule has 0 aliphatic rings. The third kappa shape index (κ3) is 1550. The summed E-state index contributed by atoms with van der Waals surface area (Å²) in [6, 6.07) is 0. The van der Waals surface area contributed by atoms with Crippen LogP contribution < -0.4 is 20.4 Å². The Morgan fingerprint density at radius 3 is 0.476 bits per heavy atom. The molecule has 13 heteroatoms. The molecule has 0 aliphatic heterocycles. The molecule has 8 N–H and O–H groups in total. The van der Waals surface area contributed by atoms with Crippen LogP contribution in [-0.2, 0) is 36.2 Å². The fraction of sp³-hybridized carbons (Fsp3) is 0.500. The summed E-state index contributed by atoms with van der Waals surface area (Å²) in [5.74, 6) is -4.33. The first-order valence-corrected chi connectivity index (χ1v) is 3.63. The summed E-state index contributed by atoms with van der Waals surface area (Å²) in [6.45, 7) is 3.89. The maximum atomic E-state index is 8.89. The van der Waals surface area contributed by atoms with Gasteiger partial charge in [0.05, 0.1) is 0 Å². The summed E-state index contributed by atoms with van der Waals surface area (Å²) in [6.07, 6.45) is 0. The molecular weight excluding hydrogens is 352 g/mol. The molecule has 0 heterocycles. The second-order valence-electron chi connectivity index (χ2n) is 1.97. The van der Waals surface area contributed by atoms with Crippen LogP contribution in [0.25, 0.3) is 0 Å². The van der Waals surface area contributed by atoms with Crippen molar-refractivity contribution in [3.8, 4) is 0 Å². The van der Waals surface area contributed by atoms with Crippen molar-refractivity contribution in [2.75, 3.05) is 0 Å². The predicted octanol–water partition coefficient (Wildman–Crippen LogP) is -8.28. The molecule has 0 bridgehead atoms. The molecule has 0 aromatic rings. The number of rotatable bonds is 0. The van der Waals surface area contributed by atoms with E-state index in [2.05, 4.69) is 0 Å². The van der Waals surface area contributed by atoms with E-state index in [0.717, 1.165) is 27.7 Å². The quantitative estimate of drug-likeness (QED) is 0.367. The predicted molar refractivity (Wildman–Crippen MR) is 57.2 cm³/mol. The Hall–Kier alpha value is -1.76. The molecule has 0 rings (SSSR count). The summed E-state index contributed by atoms with van der Waals surface area (Å²) in [5.41, 5.74) is 0. The van der Waals surface area contributed by atoms with Crippen molar-refractivity contribution in [2.24, 2.45) is 0 Å². The van der Waals surface area contributed by atoms with Crippen molar-refractivity contribution < 1.29 is 78.6 Å². The first kappa shape index (κ1) is 61.0. The molecule has 0 spiro atoms. The van der Waals surface area contributed by atoms with E-state index >= 15 is 0 Å². The molecule has 0 saturated heterocycles. The number of carboxylic acids is 4. The van der Waals surface area contributed by atoms with E-state index in [1.807, 2.05) is 0 Å². The monoisotopic (exact) mass is 371 g/mol. The molecule has 0 aliphatic carbocycles. The van der Waals surface area contributed by atoms with Gasteiger partial charge in [-0.05, 0) is 27.7 Å². The molecular formula is C8H20CuO12-4. The summed E-state index contributed by atoms with van der Waals surface area (Å²) in [7, 11) is 0. The Bertz CT molecular complexity index is 165. The van der Waals surface area contributed by atoms with Gasteiger partial charge in [-0.1, -0.05) is 0 Å². The van der Waals surface area contributed by atoms with Gasteiger partial charge in [-0.25, -0.2) is 0 Å². The van der Waals surface area contributed by atoms with Gasteiger partial charge in [-0.3, -0.25) is 0 Å². The third-order valence-corrected chi connectivity index (χ3v) is 0. The van der Waals surface area contributed by atoms with Crippen LogP contribution in [-0.4, -0.2) is 45.8 Å². The van der Waals surface area contributed by atoms with Gasteiger partial charge in [0.1, 0.15) is 0 Å². The van der Waals surface area contributed by atoms with E-state index in [0.29, 0.717) is 0 Å². The molecule has 1 radical (unpaired) electrons. The molecule has 0 aromatic heterocycles. The average molecular weight is 372 g/mol. The zero-order valence-corrected chi connectivity index (χ0v) is 12.5. The number of carbonyl (C=O) groups excluding carboxylic acids is 4. The van der Waals surface area contributed by atoms with Crippen LogP contribution >= 0.6 is 0 Å². The molecule has 12 nitrogen and oxygen atoms in total. The normalized spacial score (nSPS) is 4.76. The van der Waals surface area contributed by atoms with Crippen LogP contribution in [0.3, 0.4) is 0 Å². The van der Waals surface area contributed by atoms with Crippen LogP contribution in [0.4, 0.5) is 0 Å². The Labute approximate surface area is 131 Å². The average Bonchev–Trinajstić information content (AvgIpc) is 1.76. The van der Waals surface area contributed by atoms with Crippen molar-refractivity contribution in [3.63, 3.8) is 0 Å². The van der Waals surface area contributed by atoms with Crippen molar-refractivity contribution in [3.05, 3.63) is 0 Å². The first-order valence-electron chi connectivity index (χ1n) is 3.63. The SMILES string of the molecule is CC(=O)[O-].CC(=O)[O-].CC(=O)[O-].CC(=O)[O-].O.O.O.O.[Cu]. The second-order valence-corrected chi connectivity index (χ2v) is 1.97. The number of carbonyl (C=O) groups is 4. The smallest absolute Gasteiger partial charge is 0.0383 e. The second kappa shape index (κ2) is 51.7. The molecule has 139 valence electrons. The van der Waals surface area contributed by atoms with Gasteiger partial charge in [-0.2, -0.15) is 0 Å². The van der Waals surface area contributed by atoms with Gasteiger partial charge in [0.25, 0.3) is 0 Å². The summed E-state index contributed by atoms with van der Waals surface area (Å²) < 4.78 is 0. The van der Waals surface area contributed by atoms with E-state index in [9.17, 15) is 0 Å². The van der Waals surface area contributed by atoms with E-state index in [4.69, 9.17) is 39.6 Å². The van der Waals surface area contributed by atoms with Crippen LogP contribution in [0.2, 0.25) is 0 Å². The van der Waals surface area contributed by atoms with Crippen molar-refractivity contribution in [2.45, 2.75) is 27.7 Å². The fourth-order valence-corrected chi connectivity index (χ4v) is 0. The van der Waals surface area contributed by atoms with E-state index < -0.39 is 23.9 Å². The topological polar surface area (TPSA) is 287 Å². The molecule has 0 fully saturated rings. The number of aliphatic carboxylic acids is 4. The Kier molecular flexibility index (Phi) is 150. The van der Waals surface area contributed by atoms with E-state index in [1.54, 1.807) is 0 Å². The van der Waals surface area contributed by atoms with Crippen LogP contribution in [0.15, 0.2) is 0 Å². The minimum Gasteiger partial charge on any atom is -0.550 e. The van der Waals surface area contributed by atoms with Crippen molar-refractivity contribution >= 4 is 23.9 Å². The number of hydrogen-bond acceptors (Lipinski definition) is 8. The van der Waals surface area contributed by atoms with Crippen molar-refractivity contribution in [1.82, 2.24) is 0 Å². The Balaban J connectivity index is -0.0000000121. The molecule has 0 unspecified atom stereocenters. The molecule has 0 saturated carbocycles. The Morgan fingerprint density at radius 2 is 0.476 bits per heavy atom. The van der Waals surface area contributed by atoms with Crippen LogP contribution in [0.5, 0.6) is 0 Å².